The molecule has 0 amide bonds. The molecule has 1 aliphatic heterocycles. The van der Waals surface area contributed by atoms with Gasteiger partial charge in [0.25, 0.3) is 0 Å². The van der Waals surface area contributed by atoms with Crippen molar-refractivity contribution in [3.8, 4) is 17.3 Å². The Morgan fingerprint density at radius 1 is 1.35 bits per heavy atom. The molecule has 0 aliphatic carbocycles. The molecule has 0 saturated heterocycles. The lowest BCUT2D eigenvalue weighted by Crippen LogP contribution is -2.18. The van der Waals surface area contributed by atoms with Crippen LogP contribution in [-0.4, -0.2) is 16.1 Å². The van der Waals surface area contributed by atoms with Crippen molar-refractivity contribution in [1.29, 1.82) is 5.26 Å². The molecule has 0 radical (unpaired) electrons. The number of aryl methyl sites for hydroxylation is 1. The first-order valence-electron chi connectivity index (χ1n) is 7.17. The maximum Gasteiger partial charge on any atom is 0.204 e. The Hall–Kier alpha value is -2.28. The quantitative estimate of drug-likeness (QED) is 0.928. The first-order chi connectivity index (χ1) is 9.83. The molecule has 0 bridgehead atoms. The second kappa shape index (κ2) is 5.38. The fraction of sp³-hybridized carbons (Fsp3) is 0.375. The summed E-state index contributed by atoms with van der Waals surface area (Å²) in [5.41, 5.74) is 3.80. The van der Waals surface area contributed by atoms with Gasteiger partial charge in [-0.1, -0.05) is 37.6 Å². The summed E-state index contributed by atoms with van der Waals surface area (Å²) in [6.45, 7) is 3.97. The highest BCUT2D eigenvalue weighted by Crippen LogP contribution is 2.28. The Balaban J connectivity index is 2.01. The number of aromatic nitrogens is 2. The van der Waals surface area contributed by atoms with Gasteiger partial charge in [-0.2, -0.15) is 5.26 Å². The first kappa shape index (κ1) is 12.7. The Kier molecular flexibility index (Phi) is 3.42. The Bertz CT molecular complexity index is 646. The van der Waals surface area contributed by atoms with Crippen LogP contribution in [0, 0.1) is 11.3 Å². The highest BCUT2D eigenvalue weighted by Gasteiger charge is 2.20. The second-order valence-corrected chi connectivity index (χ2v) is 5.12. The van der Waals surface area contributed by atoms with Crippen molar-refractivity contribution >= 4 is 5.95 Å². The average molecular weight is 266 g/mol. The number of imidazole rings is 1. The van der Waals surface area contributed by atoms with Crippen molar-refractivity contribution in [1.82, 2.24) is 9.55 Å². The number of benzene rings is 1. The molecule has 4 heteroatoms. The SMILES string of the molecule is CCCc1ccc(-c2nc3n(c2C#N)CCCN3)cc1. The third-order valence-electron chi connectivity index (χ3n) is 3.68. The summed E-state index contributed by atoms with van der Waals surface area (Å²) in [6.07, 6.45) is 3.27. The van der Waals surface area contributed by atoms with E-state index in [1.807, 2.05) is 4.57 Å². The van der Waals surface area contributed by atoms with Crippen LogP contribution in [0.4, 0.5) is 5.95 Å². The molecule has 20 heavy (non-hydrogen) atoms. The van der Waals surface area contributed by atoms with Crippen molar-refractivity contribution in [3.05, 3.63) is 35.5 Å². The summed E-state index contributed by atoms with van der Waals surface area (Å²) in [4.78, 5) is 4.60. The predicted octanol–water partition coefficient (Wildman–Crippen LogP) is 3.19. The minimum absolute atomic E-state index is 0.662. The molecule has 1 aromatic carbocycles. The van der Waals surface area contributed by atoms with E-state index in [1.54, 1.807) is 0 Å². The van der Waals surface area contributed by atoms with Crippen molar-refractivity contribution in [3.63, 3.8) is 0 Å². The van der Waals surface area contributed by atoms with Crippen molar-refractivity contribution in [2.45, 2.75) is 32.7 Å². The highest BCUT2D eigenvalue weighted by molar-refractivity contribution is 5.68. The van der Waals surface area contributed by atoms with Crippen LogP contribution in [0.1, 0.15) is 31.0 Å². The van der Waals surface area contributed by atoms with Gasteiger partial charge in [0.1, 0.15) is 17.5 Å². The Morgan fingerprint density at radius 3 is 2.85 bits per heavy atom. The van der Waals surface area contributed by atoms with Gasteiger partial charge in [0.05, 0.1) is 0 Å². The highest BCUT2D eigenvalue weighted by atomic mass is 15.2. The zero-order valence-corrected chi connectivity index (χ0v) is 11.7. The van der Waals surface area contributed by atoms with Crippen LogP contribution in [-0.2, 0) is 13.0 Å². The molecule has 1 N–H and O–H groups in total. The Morgan fingerprint density at radius 2 is 2.15 bits per heavy atom. The van der Waals surface area contributed by atoms with E-state index in [2.05, 4.69) is 47.6 Å². The molecule has 0 saturated carbocycles. The number of fused-ring (bicyclic) bond motifs is 1. The van der Waals surface area contributed by atoms with E-state index in [9.17, 15) is 5.26 Å². The lowest BCUT2D eigenvalue weighted by atomic mass is 10.1. The van der Waals surface area contributed by atoms with Crippen LogP contribution in [0.15, 0.2) is 24.3 Å². The van der Waals surface area contributed by atoms with Gasteiger partial charge in [-0.15, -0.1) is 0 Å². The number of anilines is 1. The lowest BCUT2D eigenvalue weighted by Gasteiger charge is -2.15. The zero-order valence-electron chi connectivity index (χ0n) is 11.7. The molecule has 2 heterocycles. The minimum Gasteiger partial charge on any atom is -0.356 e. The molecule has 4 nitrogen and oxygen atoms in total. The lowest BCUT2D eigenvalue weighted by molar-refractivity contribution is 0.622. The average Bonchev–Trinajstić information content (AvgIpc) is 2.87. The van der Waals surface area contributed by atoms with Gasteiger partial charge in [-0.05, 0) is 18.4 Å². The number of hydrogen-bond donors (Lipinski definition) is 1. The summed E-state index contributed by atoms with van der Waals surface area (Å²) in [7, 11) is 0. The van der Waals surface area contributed by atoms with Gasteiger partial charge < -0.3 is 9.88 Å². The summed E-state index contributed by atoms with van der Waals surface area (Å²) in [5.74, 6) is 0.820. The Labute approximate surface area is 119 Å². The van der Waals surface area contributed by atoms with Gasteiger partial charge in [0.15, 0.2) is 0 Å². The van der Waals surface area contributed by atoms with E-state index in [0.29, 0.717) is 5.69 Å². The molecule has 0 spiro atoms. The second-order valence-electron chi connectivity index (χ2n) is 5.12. The van der Waals surface area contributed by atoms with E-state index in [0.717, 1.165) is 49.6 Å². The molecular formula is C16H18N4. The molecule has 1 aromatic heterocycles. The summed E-state index contributed by atoms with van der Waals surface area (Å²) >= 11 is 0. The standard InChI is InChI=1S/C16H18N4/c1-2-4-12-5-7-13(8-6-12)15-14(11-17)20-10-3-9-18-16(20)19-15/h5-8H,2-4,9-10H2,1H3,(H,18,19). The van der Waals surface area contributed by atoms with Gasteiger partial charge in [-0.3, -0.25) is 0 Å². The molecule has 0 atom stereocenters. The maximum absolute atomic E-state index is 9.42. The third-order valence-corrected chi connectivity index (χ3v) is 3.68. The fourth-order valence-corrected chi connectivity index (χ4v) is 2.68. The molecule has 3 rings (SSSR count). The fourth-order valence-electron chi connectivity index (χ4n) is 2.68. The monoisotopic (exact) mass is 266 g/mol. The van der Waals surface area contributed by atoms with Crippen LogP contribution in [0.5, 0.6) is 0 Å². The van der Waals surface area contributed by atoms with Crippen LogP contribution in [0.25, 0.3) is 11.3 Å². The van der Waals surface area contributed by atoms with Crippen molar-refractivity contribution < 1.29 is 0 Å². The van der Waals surface area contributed by atoms with Crippen LogP contribution >= 0.6 is 0 Å². The van der Waals surface area contributed by atoms with Gasteiger partial charge in [-0.25, -0.2) is 4.98 Å². The molecule has 2 aromatic rings. The smallest absolute Gasteiger partial charge is 0.204 e. The summed E-state index contributed by atoms with van der Waals surface area (Å²) in [5, 5.41) is 12.7. The van der Waals surface area contributed by atoms with Gasteiger partial charge >= 0.3 is 0 Å². The van der Waals surface area contributed by atoms with Gasteiger partial charge in [0.2, 0.25) is 5.95 Å². The van der Waals surface area contributed by atoms with Crippen molar-refractivity contribution in [2.24, 2.45) is 0 Å². The minimum atomic E-state index is 0.662. The number of hydrogen-bond acceptors (Lipinski definition) is 3. The van der Waals surface area contributed by atoms with Gasteiger partial charge in [0, 0.05) is 18.7 Å². The van der Waals surface area contributed by atoms with E-state index in [4.69, 9.17) is 0 Å². The number of nitrogens with one attached hydrogen (secondary N) is 1. The van der Waals surface area contributed by atoms with E-state index >= 15 is 0 Å². The van der Waals surface area contributed by atoms with Crippen LogP contribution in [0.3, 0.4) is 0 Å². The first-order valence-corrected chi connectivity index (χ1v) is 7.17. The molecule has 102 valence electrons. The van der Waals surface area contributed by atoms with E-state index < -0.39 is 0 Å². The van der Waals surface area contributed by atoms with E-state index in [-0.39, 0.29) is 0 Å². The largest absolute Gasteiger partial charge is 0.356 e. The summed E-state index contributed by atoms with van der Waals surface area (Å²) < 4.78 is 1.98. The number of nitrogens with zero attached hydrogens (tertiary/aromatic N) is 3. The third kappa shape index (κ3) is 2.16. The maximum atomic E-state index is 9.42. The van der Waals surface area contributed by atoms with Crippen LogP contribution in [0.2, 0.25) is 0 Å². The van der Waals surface area contributed by atoms with Crippen LogP contribution < -0.4 is 5.32 Å². The summed E-state index contributed by atoms with van der Waals surface area (Å²) in [6, 6.07) is 10.7. The predicted molar refractivity (Wildman–Crippen MR) is 79.5 cm³/mol. The topological polar surface area (TPSA) is 53.6 Å². The zero-order chi connectivity index (χ0) is 13.9. The molecule has 1 aliphatic rings. The molecule has 0 unspecified atom stereocenters. The van der Waals surface area contributed by atoms with Crippen molar-refractivity contribution in [2.75, 3.05) is 11.9 Å². The molecular weight excluding hydrogens is 248 g/mol. The number of nitriles is 1. The molecule has 0 fully saturated rings. The normalized spacial score (nSPS) is 13.4. The number of rotatable bonds is 3. The van der Waals surface area contributed by atoms with E-state index in [1.165, 1.54) is 5.56 Å².